The molecule has 1 aromatic carbocycles. The first-order valence-electron chi connectivity index (χ1n) is 10.8. The Bertz CT molecular complexity index is 838. The summed E-state index contributed by atoms with van der Waals surface area (Å²) in [5, 5.41) is 9.66. The van der Waals surface area contributed by atoms with Gasteiger partial charge in [-0.25, -0.2) is 0 Å². The molecular weight excluding hydrogens is 368 g/mol. The first-order chi connectivity index (χ1) is 14.1. The van der Waals surface area contributed by atoms with Gasteiger partial charge in [0, 0.05) is 37.7 Å². The highest BCUT2D eigenvalue weighted by Gasteiger charge is 2.40. The van der Waals surface area contributed by atoms with E-state index in [9.17, 15) is 14.4 Å². The molecule has 3 N–H and O–H groups in total. The van der Waals surface area contributed by atoms with E-state index in [-0.39, 0.29) is 24.1 Å². The summed E-state index contributed by atoms with van der Waals surface area (Å²) in [7, 11) is 0. The molecule has 3 heterocycles. The Morgan fingerprint density at radius 2 is 2.03 bits per heavy atom. The molecule has 1 saturated carbocycles. The number of carbonyl (C=O) groups is 3. The van der Waals surface area contributed by atoms with E-state index < -0.39 is 6.04 Å². The quantitative estimate of drug-likeness (QED) is 0.644. The smallest absolute Gasteiger partial charge is 0.255 e. The van der Waals surface area contributed by atoms with Crippen molar-refractivity contribution in [2.75, 3.05) is 13.1 Å². The maximum absolute atomic E-state index is 12.9. The summed E-state index contributed by atoms with van der Waals surface area (Å²) in [4.78, 5) is 38.2. The predicted molar refractivity (Wildman–Crippen MR) is 107 cm³/mol. The van der Waals surface area contributed by atoms with Crippen LogP contribution in [0, 0.1) is 11.8 Å². The average molecular weight is 396 g/mol. The summed E-state index contributed by atoms with van der Waals surface area (Å²) >= 11 is 0. The van der Waals surface area contributed by atoms with Crippen LogP contribution in [-0.4, -0.2) is 47.8 Å². The van der Waals surface area contributed by atoms with E-state index in [1.165, 1.54) is 19.3 Å². The summed E-state index contributed by atoms with van der Waals surface area (Å²) < 4.78 is 0. The zero-order chi connectivity index (χ0) is 20.0. The van der Waals surface area contributed by atoms with Crippen molar-refractivity contribution in [3.63, 3.8) is 0 Å². The number of hydrogen-bond donors (Lipinski definition) is 3. The molecule has 0 spiro atoms. The lowest BCUT2D eigenvalue weighted by atomic mass is 9.80. The fourth-order valence-corrected chi connectivity index (χ4v) is 5.66. The molecule has 3 fully saturated rings. The number of nitrogens with one attached hydrogen (secondary N) is 3. The molecule has 154 valence electrons. The molecule has 1 aliphatic carbocycles. The Balaban J connectivity index is 1.26. The Kier molecular flexibility index (Phi) is 4.87. The van der Waals surface area contributed by atoms with Gasteiger partial charge in [-0.2, -0.15) is 0 Å². The molecule has 4 unspecified atom stereocenters. The second kappa shape index (κ2) is 7.54. The number of imide groups is 1. The van der Waals surface area contributed by atoms with Gasteiger partial charge < -0.3 is 15.5 Å². The Hall–Kier alpha value is -2.25. The van der Waals surface area contributed by atoms with Crippen LogP contribution in [0.2, 0.25) is 0 Å². The van der Waals surface area contributed by atoms with Crippen LogP contribution < -0.4 is 16.0 Å². The van der Waals surface area contributed by atoms with Crippen LogP contribution in [0.1, 0.15) is 53.6 Å². The highest BCUT2D eigenvalue weighted by Crippen LogP contribution is 2.35. The summed E-state index contributed by atoms with van der Waals surface area (Å²) in [6, 6.07) is 5.93. The van der Waals surface area contributed by atoms with Gasteiger partial charge in [0.2, 0.25) is 11.8 Å². The van der Waals surface area contributed by atoms with Crippen LogP contribution in [0.5, 0.6) is 0 Å². The highest BCUT2D eigenvalue weighted by atomic mass is 16.2. The van der Waals surface area contributed by atoms with E-state index in [0.29, 0.717) is 30.5 Å². The zero-order valence-electron chi connectivity index (χ0n) is 16.6. The third kappa shape index (κ3) is 3.36. The van der Waals surface area contributed by atoms with Gasteiger partial charge in [0.25, 0.3) is 5.91 Å². The molecule has 7 nitrogen and oxygen atoms in total. The molecule has 1 aromatic rings. The Morgan fingerprint density at radius 3 is 2.86 bits per heavy atom. The van der Waals surface area contributed by atoms with E-state index in [4.69, 9.17) is 0 Å². The van der Waals surface area contributed by atoms with Crippen LogP contribution in [-0.2, 0) is 22.7 Å². The second-order valence-corrected chi connectivity index (χ2v) is 8.84. The van der Waals surface area contributed by atoms with Gasteiger partial charge in [-0.05, 0) is 54.8 Å². The summed E-state index contributed by atoms with van der Waals surface area (Å²) in [6.07, 6.45) is 4.62. The van der Waals surface area contributed by atoms with Crippen molar-refractivity contribution in [3.8, 4) is 0 Å². The van der Waals surface area contributed by atoms with Crippen LogP contribution in [0.15, 0.2) is 18.2 Å². The van der Waals surface area contributed by atoms with E-state index in [2.05, 4.69) is 22.0 Å². The zero-order valence-corrected chi connectivity index (χ0v) is 16.6. The monoisotopic (exact) mass is 396 g/mol. The second-order valence-electron chi connectivity index (χ2n) is 8.84. The number of carbonyl (C=O) groups excluding carboxylic acids is 3. The lowest BCUT2D eigenvalue weighted by Gasteiger charge is -2.29. The molecule has 7 heteroatoms. The fraction of sp³-hybridized carbons (Fsp3) is 0.591. The average Bonchev–Trinajstić information content (AvgIpc) is 3.14. The van der Waals surface area contributed by atoms with Crippen molar-refractivity contribution in [1.29, 1.82) is 0 Å². The number of amides is 3. The Morgan fingerprint density at radius 1 is 1.14 bits per heavy atom. The fourth-order valence-electron chi connectivity index (χ4n) is 5.66. The summed E-state index contributed by atoms with van der Waals surface area (Å²) in [5.74, 6) is 0.758. The molecular formula is C22H28N4O3. The molecule has 29 heavy (non-hydrogen) atoms. The van der Waals surface area contributed by atoms with Crippen LogP contribution in [0.25, 0.3) is 0 Å². The lowest BCUT2D eigenvalue weighted by Crippen LogP contribution is -2.52. The molecule has 2 saturated heterocycles. The Labute approximate surface area is 170 Å². The number of rotatable bonds is 5. The first-order valence-corrected chi connectivity index (χ1v) is 10.8. The van der Waals surface area contributed by atoms with Crippen molar-refractivity contribution in [1.82, 2.24) is 20.9 Å². The van der Waals surface area contributed by atoms with E-state index in [0.717, 1.165) is 36.7 Å². The third-order valence-electron chi connectivity index (χ3n) is 7.23. The van der Waals surface area contributed by atoms with Crippen molar-refractivity contribution in [2.24, 2.45) is 11.8 Å². The number of hydrogen-bond acceptors (Lipinski definition) is 5. The maximum Gasteiger partial charge on any atom is 0.255 e. The molecule has 2 bridgehead atoms. The van der Waals surface area contributed by atoms with Gasteiger partial charge in [0.1, 0.15) is 6.04 Å². The molecule has 3 amide bonds. The van der Waals surface area contributed by atoms with Crippen molar-refractivity contribution < 1.29 is 14.4 Å². The van der Waals surface area contributed by atoms with Gasteiger partial charge in [-0.3, -0.25) is 19.7 Å². The van der Waals surface area contributed by atoms with Crippen molar-refractivity contribution in [2.45, 2.75) is 57.3 Å². The highest BCUT2D eigenvalue weighted by molar-refractivity contribution is 6.05. The van der Waals surface area contributed by atoms with Gasteiger partial charge in [-0.1, -0.05) is 18.6 Å². The minimum Gasteiger partial charge on any atom is -0.322 e. The lowest BCUT2D eigenvalue weighted by molar-refractivity contribution is -0.136. The van der Waals surface area contributed by atoms with Gasteiger partial charge in [0.15, 0.2) is 0 Å². The molecule has 4 aliphatic rings. The molecule has 5 rings (SSSR count). The number of nitrogens with zero attached hydrogens (tertiary/aromatic N) is 1. The third-order valence-corrected chi connectivity index (χ3v) is 7.23. The summed E-state index contributed by atoms with van der Waals surface area (Å²) in [5.41, 5.74) is 2.83. The molecule has 0 radical (unpaired) electrons. The maximum atomic E-state index is 12.9. The van der Waals surface area contributed by atoms with Gasteiger partial charge in [-0.15, -0.1) is 0 Å². The molecule has 0 aromatic heterocycles. The minimum absolute atomic E-state index is 0.106. The topological polar surface area (TPSA) is 90.5 Å². The minimum atomic E-state index is -0.558. The van der Waals surface area contributed by atoms with E-state index in [1.807, 2.05) is 12.1 Å². The van der Waals surface area contributed by atoms with Gasteiger partial charge >= 0.3 is 0 Å². The SMILES string of the molecule is O=C1CCC(N2Cc3c(CNCC4C5CCCC4NC5)cccc3C2=O)C(=O)N1. The first kappa shape index (κ1) is 18.8. The molecule has 3 aliphatic heterocycles. The standard InChI is InChI=1S/C22H28N4O3/c27-20-8-7-19(21(28)25-20)26-12-17-13(3-1-5-15(17)22(26)29)9-23-11-16-14-4-2-6-18(16)24-10-14/h1,3,5,14,16,18-19,23-24H,2,4,6-12H2,(H,25,27,28). The predicted octanol–water partition coefficient (Wildman–Crippen LogP) is 0.925. The van der Waals surface area contributed by atoms with E-state index in [1.54, 1.807) is 4.90 Å². The van der Waals surface area contributed by atoms with Crippen molar-refractivity contribution in [3.05, 3.63) is 34.9 Å². The van der Waals surface area contributed by atoms with Crippen LogP contribution in [0.4, 0.5) is 0 Å². The van der Waals surface area contributed by atoms with Crippen LogP contribution in [0.3, 0.4) is 0 Å². The van der Waals surface area contributed by atoms with Crippen LogP contribution >= 0.6 is 0 Å². The number of fused-ring (bicyclic) bond motifs is 3. The normalized spacial score (nSPS) is 31.2. The molecule has 4 atom stereocenters. The summed E-state index contributed by atoms with van der Waals surface area (Å²) in [6.45, 7) is 3.31. The number of benzene rings is 1. The van der Waals surface area contributed by atoms with Gasteiger partial charge in [0.05, 0.1) is 0 Å². The van der Waals surface area contributed by atoms with E-state index >= 15 is 0 Å². The van der Waals surface area contributed by atoms with Crippen molar-refractivity contribution >= 4 is 17.7 Å². The number of piperidine rings is 1. The largest absolute Gasteiger partial charge is 0.322 e.